The smallest absolute Gasteiger partial charge is 0.131 e. The highest BCUT2D eigenvalue weighted by Crippen LogP contribution is 2.23. The molecule has 0 unspecified atom stereocenters. The van der Waals surface area contributed by atoms with Crippen molar-refractivity contribution in [2.45, 2.75) is 31.7 Å². The molecule has 3 N–H and O–H groups in total. The van der Waals surface area contributed by atoms with E-state index in [1.54, 1.807) is 12.1 Å². The summed E-state index contributed by atoms with van der Waals surface area (Å²) in [4.78, 5) is 2.17. The fourth-order valence-electron chi connectivity index (χ4n) is 2.98. The van der Waals surface area contributed by atoms with Gasteiger partial charge >= 0.3 is 0 Å². The Balaban J connectivity index is 1.62. The lowest BCUT2D eigenvalue weighted by atomic mass is 10.0. The molecule has 3 rings (SSSR count). The van der Waals surface area contributed by atoms with Crippen LogP contribution in [0.15, 0.2) is 42.5 Å². The Morgan fingerprint density at radius 3 is 2.84 bits per heavy atom. The van der Waals surface area contributed by atoms with E-state index in [-0.39, 0.29) is 18.5 Å². The predicted molar refractivity (Wildman–Crippen MR) is 96.1 cm³/mol. The van der Waals surface area contributed by atoms with Gasteiger partial charge in [-0.05, 0) is 36.2 Å². The molecule has 134 valence electrons. The zero-order valence-electron chi connectivity index (χ0n) is 13.9. The van der Waals surface area contributed by atoms with Gasteiger partial charge in [-0.25, -0.2) is 4.39 Å². The molecule has 0 amide bonds. The second-order valence-electron chi connectivity index (χ2n) is 6.39. The van der Waals surface area contributed by atoms with E-state index in [4.69, 9.17) is 22.1 Å². The number of ether oxygens (including phenoxy) is 1. The topological polar surface area (TPSA) is 58.7 Å². The van der Waals surface area contributed by atoms with Crippen LogP contribution < -0.4 is 10.5 Å². The molecule has 25 heavy (non-hydrogen) atoms. The van der Waals surface area contributed by atoms with E-state index >= 15 is 0 Å². The van der Waals surface area contributed by atoms with Crippen molar-refractivity contribution in [3.8, 4) is 5.75 Å². The molecule has 2 aromatic rings. The highest BCUT2D eigenvalue weighted by atomic mass is 35.5. The van der Waals surface area contributed by atoms with E-state index in [0.717, 1.165) is 18.5 Å². The van der Waals surface area contributed by atoms with Crippen LogP contribution in [0, 0.1) is 5.82 Å². The minimum atomic E-state index is -0.489. The molecular formula is C19H22ClFN2O2. The molecule has 0 radical (unpaired) electrons. The predicted octanol–water partition coefficient (Wildman–Crippen LogP) is 2.95. The number of hydrogen-bond donors (Lipinski definition) is 2. The van der Waals surface area contributed by atoms with E-state index in [1.807, 2.05) is 24.3 Å². The first-order valence-corrected chi connectivity index (χ1v) is 8.71. The van der Waals surface area contributed by atoms with Gasteiger partial charge < -0.3 is 15.6 Å². The lowest BCUT2D eigenvalue weighted by Gasteiger charge is -2.34. The molecule has 2 atom stereocenters. The summed E-state index contributed by atoms with van der Waals surface area (Å²) in [7, 11) is 0. The summed E-state index contributed by atoms with van der Waals surface area (Å²) in [6.07, 6.45) is 0.291. The number of rotatable bonds is 5. The van der Waals surface area contributed by atoms with Gasteiger partial charge in [0.25, 0.3) is 0 Å². The number of nitrogens with zero attached hydrogens (tertiary/aromatic N) is 1. The second-order valence-corrected chi connectivity index (χ2v) is 6.80. The van der Waals surface area contributed by atoms with E-state index in [1.165, 1.54) is 6.07 Å². The van der Waals surface area contributed by atoms with Crippen molar-refractivity contribution >= 4 is 11.6 Å². The zero-order chi connectivity index (χ0) is 17.8. The normalized spacial score (nSPS) is 21.3. The molecule has 0 saturated carbocycles. The summed E-state index contributed by atoms with van der Waals surface area (Å²) in [5.41, 5.74) is 7.26. The fraction of sp³-hybridized carbons (Fsp3) is 0.368. The monoisotopic (exact) mass is 364 g/mol. The number of benzene rings is 2. The molecule has 1 aliphatic heterocycles. The van der Waals surface area contributed by atoms with Crippen LogP contribution in [0.3, 0.4) is 0 Å². The van der Waals surface area contributed by atoms with Crippen LogP contribution in [0.1, 0.15) is 17.5 Å². The maximum Gasteiger partial charge on any atom is 0.131 e. The van der Waals surface area contributed by atoms with Gasteiger partial charge in [0, 0.05) is 31.2 Å². The van der Waals surface area contributed by atoms with Crippen LogP contribution in [0.2, 0.25) is 5.02 Å². The number of β-amino-alcohol motifs (C(OH)–C–C–N with tert-alkyl or cyclic N) is 1. The lowest BCUT2D eigenvalue weighted by Crippen LogP contribution is -2.50. The van der Waals surface area contributed by atoms with Crippen molar-refractivity contribution in [1.82, 2.24) is 4.90 Å². The van der Waals surface area contributed by atoms with Crippen LogP contribution >= 0.6 is 11.6 Å². The Labute approximate surface area is 152 Å². The maximum atomic E-state index is 13.8. The second kappa shape index (κ2) is 8.15. The quantitative estimate of drug-likeness (QED) is 0.856. The molecular weight excluding hydrogens is 343 g/mol. The molecule has 1 saturated heterocycles. The van der Waals surface area contributed by atoms with Gasteiger partial charge in [-0.2, -0.15) is 0 Å². The van der Waals surface area contributed by atoms with Crippen LogP contribution in [0.25, 0.3) is 0 Å². The first-order valence-electron chi connectivity index (χ1n) is 8.33. The number of aliphatic hydroxyl groups excluding tert-OH is 1. The van der Waals surface area contributed by atoms with E-state index < -0.39 is 6.10 Å². The molecule has 0 aromatic heterocycles. The molecule has 0 bridgehead atoms. The SMILES string of the molecule is N[C@H]1CCN(Cc2cccc(OCc3c(F)cccc3Cl)c2)C[C@@H]1O. The van der Waals surface area contributed by atoms with E-state index in [9.17, 15) is 9.50 Å². The van der Waals surface area contributed by atoms with Gasteiger partial charge in [-0.1, -0.05) is 29.8 Å². The highest BCUT2D eigenvalue weighted by Gasteiger charge is 2.24. The zero-order valence-corrected chi connectivity index (χ0v) is 14.6. The third-order valence-corrected chi connectivity index (χ3v) is 4.82. The molecule has 0 spiro atoms. The fourth-order valence-corrected chi connectivity index (χ4v) is 3.19. The summed E-state index contributed by atoms with van der Waals surface area (Å²) < 4.78 is 19.5. The molecule has 6 heteroatoms. The van der Waals surface area contributed by atoms with Gasteiger partial charge in [0.05, 0.1) is 11.1 Å². The van der Waals surface area contributed by atoms with Crippen molar-refractivity contribution < 1.29 is 14.2 Å². The lowest BCUT2D eigenvalue weighted by molar-refractivity contribution is 0.0499. The first-order chi connectivity index (χ1) is 12.0. The number of piperidine rings is 1. The number of aliphatic hydroxyl groups is 1. The Hall–Kier alpha value is -1.66. The number of hydrogen-bond acceptors (Lipinski definition) is 4. The van der Waals surface area contributed by atoms with Gasteiger partial charge in [-0.3, -0.25) is 4.90 Å². The Kier molecular flexibility index (Phi) is 5.91. The Morgan fingerprint density at radius 1 is 1.28 bits per heavy atom. The van der Waals surface area contributed by atoms with Crippen LogP contribution in [0.4, 0.5) is 4.39 Å². The van der Waals surface area contributed by atoms with Gasteiger partial charge in [0.15, 0.2) is 0 Å². The summed E-state index contributed by atoms with van der Waals surface area (Å²) in [6, 6.07) is 12.1. The van der Waals surface area contributed by atoms with Crippen molar-refractivity contribution in [2.75, 3.05) is 13.1 Å². The molecule has 1 aliphatic rings. The minimum Gasteiger partial charge on any atom is -0.489 e. The van der Waals surface area contributed by atoms with E-state index in [0.29, 0.717) is 29.4 Å². The average molecular weight is 365 g/mol. The molecule has 4 nitrogen and oxygen atoms in total. The third kappa shape index (κ3) is 4.70. The van der Waals surface area contributed by atoms with E-state index in [2.05, 4.69) is 4.90 Å². The van der Waals surface area contributed by atoms with Crippen molar-refractivity contribution in [3.05, 3.63) is 64.4 Å². The Morgan fingerprint density at radius 2 is 2.08 bits per heavy atom. The average Bonchev–Trinajstić information content (AvgIpc) is 2.58. The summed E-state index contributed by atoms with van der Waals surface area (Å²) in [6.45, 7) is 2.21. The van der Waals surface area contributed by atoms with Gasteiger partial charge in [-0.15, -0.1) is 0 Å². The minimum absolute atomic E-state index is 0.0756. The molecule has 1 heterocycles. The van der Waals surface area contributed by atoms with Crippen molar-refractivity contribution in [1.29, 1.82) is 0 Å². The summed E-state index contributed by atoms with van der Waals surface area (Å²) in [5.74, 6) is 0.286. The van der Waals surface area contributed by atoms with Crippen molar-refractivity contribution in [3.63, 3.8) is 0 Å². The number of halogens is 2. The molecule has 2 aromatic carbocycles. The number of likely N-dealkylation sites (tertiary alicyclic amines) is 1. The summed E-state index contributed by atoms with van der Waals surface area (Å²) >= 11 is 6.02. The highest BCUT2D eigenvalue weighted by molar-refractivity contribution is 6.31. The van der Waals surface area contributed by atoms with Gasteiger partial charge in [0.2, 0.25) is 0 Å². The first kappa shape index (κ1) is 18.1. The Bertz CT molecular complexity index is 708. The van der Waals surface area contributed by atoms with Crippen LogP contribution in [0.5, 0.6) is 5.75 Å². The largest absolute Gasteiger partial charge is 0.489 e. The standard InChI is InChI=1S/C19H22ClFN2O2/c20-16-5-2-6-17(21)15(16)12-25-14-4-1-3-13(9-14)10-23-8-7-18(22)19(24)11-23/h1-6,9,18-19,24H,7-8,10-12,22H2/t18-,19-/m0/s1. The maximum absolute atomic E-state index is 13.8. The van der Waals surface area contributed by atoms with Gasteiger partial charge in [0.1, 0.15) is 18.2 Å². The van der Waals surface area contributed by atoms with Crippen LogP contribution in [-0.4, -0.2) is 35.2 Å². The molecule has 1 fully saturated rings. The summed E-state index contributed by atoms with van der Waals surface area (Å²) in [5, 5.41) is 10.3. The van der Waals surface area contributed by atoms with Crippen LogP contribution in [-0.2, 0) is 13.2 Å². The third-order valence-electron chi connectivity index (χ3n) is 4.47. The van der Waals surface area contributed by atoms with Crippen molar-refractivity contribution in [2.24, 2.45) is 5.73 Å². The number of nitrogens with two attached hydrogens (primary N) is 1. The molecule has 0 aliphatic carbocycles.